The van der Waals surface area contributed by atoms with Crippen LogP contribution in [0.25, 0.3) is 0 Å². The summed E-state index contributed by atoms with van der Waals surface area (Å²) in [7, 11) is 2.81. The molecule has 2 aromatic carbocycles. The van der Waals surface area contributed by atoms with Gasteiger partial charge >= 0.3 is 5.97 Å². The molecule has 126 valence electrons. The van der Waals surface area contributed by atoms with E-state index >= 15 is 0 Å². The van der Waals surface area contributed by atoms with Crippen LogP contribution in [-0.2, 0) is 4.79 Å². The molecule has 0 aliphatic heterocycles. The number of ether oxygens (including phenoxy) is 3. The number of Topliss-reactive ketones (excluding diaryl/α,β-unsaturated/α-hetero) is 1. The van der Waals surface area contributed by atoms with Crippen LogP contribution in [0.3, 0.4) is 0 Å². The molecule has 1 unspecified atom stereocenters. The van der Waals surface area contributed by atoms with Gasteiger partial charge in [-0.2, -0.15) is 0 Å². The van der Waals surface area contributed by atoms with Gasteiger partial charge in [-0.1, -0.05) is 30.3 Å². The van der Waals surface area contributed by atoms with Crippen molar-refractivity contribution >= 4 is 11.8 Å². The number of benzene rings is 2. The van der Waals surface area contributed by atoms with Gasteiger partial charge in [0.2, 0.25) is 0 Å². The lowest BCUT2D eigenvalue weighted by molar-refractivity contribution is -0.132. The average molecular weight is 330 g/mol. The van der Waals surface area contributed by atoms with Crippen molar-refractivity contribution in [2.75, 3.05) is 14.2 Å². The number of esters is 1. The van der Waals surface area contributed by atoms with Gasteiger partial charge in [-0.25, -0.2) is 0 Å². The normalized spacial score (nSPS) is 11.5. The average Bonchev–Trinajstić information content (AvgIpc) is 2.60. The van der Waals surface area contributed by atoms with E-state index in [9.17, 15) is 14.7 Å². The van der Waals surface area contributed by atoms with E-state index in [1.165, 1.54) is 33.3 Å². The molecule has 6 heteroatoms. The van der Waals surface area contributed by atoms with Gasteiger partial charge in [-0.05, 0) is 11.6 Å². The summed E-state index contributed by atoms with van der Waals surface area (Å²) >= 11 is 0. The van der Waals surface area contributed by atoms with Crippen LogP contribution < -0.4 is 14.2 Å². The Hall–Kier alpha value is -2.86. The smallest absolute Gasteiger partial charge is 0.308 e. The summed E-state index contributed by atoms with van der Waals surface area (Å²) in [4.78, 5) is 24.1. The first-order valence-corrected chi connectivity index (χ1v) is 7.19. The number of aliphatic hydroxyl groups excluding tert-OH is 1. The predicted molar refractivity (Wildman–Crippen MR) is 86.6 cm³/mol. The second-order valence-corrected chi connectivity index (χ2v) is 4.98. The van der Waals surface area contributed by atoms with E-state index in [1.807, 2.05) is 0 Å². The van der Waals surface area contributed by atoms with Crippen LogP contribution in [0.4, 0.5) is 0 Å². The van der Waals surface area contributed by atoms with Crippen LogP contribution >= 0.6 is 0 Å². The number of hydrogen-bond acceptors (Lipinski definition) is 6. The van der Waals surface area contributed by atoms with Crippen LogP contribution in [-0.4, -0.2) is 31.1 Å². The highest BCUT2D eigenvalue weighted by atomic mass is 16.6. The Morgan fingerprint density at radius 3 is 2.25 bits per heavy atom. The highest BCUT2D eigenvalue weighted by Crippen LogP contribution is 2.38. The highest BCUT2D eigenvalue weighted by Gasteiger charge is 2.26. The first-order valence-electron chi connectivity index (χ1n) is 7.19. The lowest BCUT2D eigenvalue weighted by Crippen LogP contribution is -2.16. The molecule has 0 heterocycles. The SMILES string of the molecule is COc1cc(OC)c(OC(C)=O)c(C(=O)C(O)c2ccccc2)c1. The Morgan fingerprint density at radius 1 is 1.04 bits per heavy atom. The van der Waals surface area contributed by atoms with E-state index in [-0.39, 0.29) is 17.1 Å². The Bertz CT molecular complexity index is 739. The van der Waals surface area contributed by atoms with E-state index in [4.69, 9.17) is 14.2 Å². The van der Waals surface area contributed by atoms with Gasteiger partial charge in [0.05, 0.1) is 19.8 Å². The molecule has 0 saturated heterocycles. The van der Waals surface area contributed by atoms with Crippen molar-refractivity contribution in [1.29, 1.82) is 0 Å². The van der Waals surface area contributed by atoms with Crippen LogP contribution in [0.5, 0.6) is 17.2 Å². The number of rotatable bonds is 6. The Labute approximate surface area is 139 Å². The molecule has 0 aliphatic carbocycles. The number of carbonyl (C=O) groups excluding carboxylic acids is 2. The minimum absolute atomic E-state index is 0.00208. The van der Waals surface area contributed by atoms with E-state index < -0.39 is 17.9 Å². The monoisotopic (exact) mass is 330 g/mol. The zero-order valence-electron chi connectivity index (χ0n) is 13.6. The summed E-state index contributed by atoms with van der Waals surface area (Å²) in [5, 5.41) is 10.4. The third-order valence-electron chi connectivity index (χ3n) is 3.36. The van der Waals surface area contributed by atoms with E-state index in [2.05, 4.69) is 0 Å². The fraction of sp³-hybridized carbons (Fsp3) is 0.222. The Kier molecular flexibility index (Phi) is 5.55. The molecule has 1 atom stereocenters. The van der Waals surface area contributed by atoms with Crippen LogP contribution in [0, 0.1) is 0 Å². The third-order valence-corrected chi connectivity index (χ3v) is 3.36. The molecular formula is C18H18O6. The highest BCUT2D eigenvalue weighted by molar-refractivity contribution is 6.03. The van der Waals surface area contributed by atoms with Gasteiger partial charge in [0.15, 0.2) is 17.3 Å². The summed E-state index contributed by atoms with van der Waals surface area (Å²) in [6.45, 7) is 1.21. The Balaban J connectivity index is 2.53. The quantitative estimate of drug-likeness (QED) is 0.498. The molecule has 0 spiro atoms. The molecule has 2 rings (SSSR count). The van der Waals surface area contributed by atoms with E-state index in [0.29, 0.717) is 11.3 Å². The largest absolute Gasteiger partial charge is 0.497 e. The van der Waals surface area contributed by atoms with Crippen LogP contribution in [0.2, 0.25) is 0 Å². The number of ketones is 1. The zero-order valence-corrected chi connectivity index (χ0v) is 13.6. The predicted octanol–water partition coefficient (Wildman–Crippen LogP) is 2.55. The molecule has 0 bridgehead atoms. The topological polar surface area (TPSA) is 82.1 Å². The van der Waals surface area contributed by atoms with Crippen molar-refractivity contribution in [3.05, 3.63) is 53.6 Å². The molecule has 2 aromatic rings. The number of hydrogen-bond donors (Lipinski definition) is 1. The maximum absolute atomic E-state index is 12.7. The molecule has 0 saturated carbocycles. The molecule has 0 amide bonds. The van der Waals surface area contributed by atoms with Crippen molar-refractivity contribution in [2.24, 2.45) is 0 Å². The maximum atomic E-state index is 12.7. The van der Waals surface area contributed by atoms with Crippen LogP contribution in [0.1, 0.15) is 28.9 Å². The summed E-state index contributed by atoms with van der Waals surface area (Å²) in [5.74, 6) is -0.790. The van der Waals surface area contributed by atoms with Crippen molar-refractivity contribution < 1.29 is 28.9 Å². The lowest BCUT2D eigenvalue weighted by Gasteiger charge is -2.16. The van der Waals surface area contributed by atoms with Gasteiger partial charge in [-0.15, -0.1) is 0 Å². The van der Waals surface area contributed by atoms with Crippen molar-refractivity contribution in [3.8, 4) is 17.2 Å². The van der Waals surface area contributed by atoms with Crippen LogP contribution in [0.15, 0.2) is 42.5 Å². The second-order valence-electron chi connectivity index (χ2n) is 4.98. The molecule has 0 aromatic heterocycles. The molecular weight excluding hydrogens is 312 g/mol. The van der Waals surface area contributed by atoms with Crippen molar-refractivity contribution in [1.82, 2.24) is 0 Å². The van der Waals surface area contributed by atoms with Gasteiger partial charge in [0, 0.05) is 13.0 Å². The molecule has 24 heavy (non-hydrogen) atoms. The second kappa shape index (κ2) is 7.61. The number of carbonyl (C=O) groups is 2. The molecule has 0 fully saturated rings. The maximum Gasteiger partial charge on any atom is 0.308 e. The first-order chi connectivity index (χ1) is 11.5. The summed E-state index contributed by atoms with van der Waals surface area (Å²) in [6, 6.07) is 11.4. The van der Waals surface area contributed by atoms with Crippen molar-refractivity contribution in [2.45, 2.75) is 13.0 Å². The first kappa shape index (κ1) is 17.5. The van der Waals surface area contributed by atoms with Gasteiger partial charge in [-0.3, -0.25) is 9.59 Å². The fourth-order valence-corrected chi connectivity index (χ4v) is 2.21. The minimum Gasteiger partial charge on any atom is -0.497 e. The standard InChI is InChI=1S/C18H18O6/c1-11(19)24-18-14(9-13(22-2)10-15(18)23-3)17(21)16(20)12-7-5-4-6-8-12/h4-10,16,20H,1-3H3. The number of methoxy groups -OCH3 is 2. The fourth-order valence-electron chi connectivity index (χ4n) is 2.21. The van der Waals surface area contributed by atoms with E-state index in [0.717, 1.165) is 0 Å². The molecule has 0 radical (unpaired) electrons. The van der Waals surface area contributed by atoms with E-state index in [1.54, 1.807) is 30.3 Å². The summed E-state index contributed by atoms with van der Waals surface area (Å²) < 4.78 is 15.4. The molecule has 1 N–H and O–H groups in total. The zero-order chi connectivity index (χ0) is 17.7. The lowest BCUT2D eigenvalue weighted by atomic mass is 9.98. The third kappa shape index (κ3) is 3.72. The van der Waals surface area contributed by atoms with Gasteiger partial charge < -0.3 is 19.3 Å². The number of aliphatic hydroxyl groups is 1. The molecule has 0 aliphatic rings. The van der Waals surface area contributed by atoms with Gasteiger partial charge in [0.1, 0.15) is 11.9 Å². The molecule has 6 nitrogen and oxygen atoms in total. The Morgan fingerprint density at radius 2 is 1.71 bits per heavy atom. The summed E-state index contributed by atoms with van der Waals surface area (Å²) in [5.41, 5.74) is 0.427. The van der Waals surface area contributed by atoms with Gasteiger partial charge in [0.25, 0.3) is 0 Å². The minimum atomic E-state index is -1.41. The summed E-state index contributed by atoms with van der Waals surface area (Å²) in [6.07, 6.45) is -1.41. The van der Waals surface area contributed by atoms with Crippen molar-refractivity contribution in [3.63, 3.8) is 0 Å².